The Labute approximate surface area is 144 Å². The van der Waals surface area contributed by atoms with Crippen molar-refractivity contribution in [1.82, 2.24) is 10.3 Å². The standard InChI is InChI=1S/C15H19N3OS2.ClH/c16-8-10-4-3-6-11(10)17-14(19)9-20-15-18-12-5-1-2-7-13(12)21-15;/h1-2,5,7,10-11H,3-4,6,8-9,16H2,(H,17,19);1H. The van der Waals surface area contributed by atoms with Crippen molar-refractivity contribution in [2.75, 3.05) is 12.3 Å². The van der Waals surface area contributed by atoms with Crippen LogP contribution in [0.1, 0.15) is 19.3 Å². The second-order valence-corrected chi connectivity index (χ2v) is 7.59. The number of fused-ring (bicyclic) bond motifs is 1. The maximum absolute atomic E-state index is 12.1. The molecule has 3 N–H and O–H groups in total. The number of thiazole rings is 1. The van der Waals surface area contributed by atoms with Crippen LogP contribution in [0.4, 0.5) is 0 Å². The zero-order chi connectivity index (χ0) is 14.7. The Hall–Kier alpha value is -0.820. The summed E-state index contributed by atoms with van der Waals surface area (Å²) in [5.74, 6) is 0.958. The predicted octanol–water partition coefficient (Wildman–Crippen LogP) is 3.05. The molecule has 2 unspecified atom stereocenters. The third-order valence-corrected chi connectivity index (χ3v) is 6.09. The first kappa shape index (κ1) is 17.5. The van der Waals surface area contributed by atoms with Crippen LogP contribution in [0.5, 0.6) is 0 Å². The van der Waals surface area contributed by atoms with Gasteiger partial charge in [-0.1, -0.05) is 30.3 Å². The van der Waals surface area contributed by atoms with Gasteiger partial charge in [0.25, 0.3) is 0 Å². The van der Waals surface area contributed by atoms with Crippen molar-refractivity contribution in [3.05, 3.63) is 24.3 Å². The summed E-state index contributed by atoms with van der Waals surface area (Å²) in [5.41, 5.74) is 6.75. The Bertz CT molecular complexity index is 601. The molecule has 0 aliphatic heterocycles. The molecule has 2 aromatic rings. The van der Waals surface area contributed by atoms with E-state index >= 15 is 0 Å². The lowest BCUT2D eigenvalue weighted by atomic mass is 10.0. The van der Waals surface area contributed by atoms with Crippen molar-refractivity contribution in [3.63, 3.8) is 0 Å². The highest BCUT2D eigenvalue weighted by Gasteiger charge is 2.27. The number of carbonyl (C=O) groups excluding carboxylic acids is 1. The van der Waals surface area contributed by atoms with Gasteiger partial charge in [0.15, 0.2) is 4.34 Å². The van der Waals surface area contributed by atoms with E-state index in [9.17, 15) is 4.79 Å². The largest absolute Gasteiger partial charge is 0.352 e. The molecule has 0 saturated heterocycles. The van der Waals surface area contributed by atoms with Gasteiger partial charge >= 0.3 is 0 Å². The zero-order valence-corrected chi connectivity index (χ0v) is 14.6. The number of thioether (sulfide) groups is 1. The average molecular weight is 358 g/mol. The molecule has 1 aromatic heterocycles. The normalized spacial score (nSPS) is 20.8. The molecule has 120 valence electrons. The molecule has 1 fully saturated rings. The Morgan fingerprint density at radius 3 is 3.00 bits per heavy atom. The summed E-state index contributed by atoms with van der Waals surface area (Å²) in [7, 11) is 0. The number of carbonyl (C=O) groups is 1. The summed E-state index contributed by atoms with van der Waals surface area (Å²) in [6, 6.07) is 8.31. The van der Waals surface area contributed by atoms with Crippen molar-refractivity contribution < 1.29 is 4.79 Å². The van der Waals surface area contributed by atoms with Gasteiger partial charge in [-0.2, -0.15) is 0 Å². The second kappa shape index (κ2) is 8.15. The van der Waals surface area contributed by atoms with E-state index in [1.54, 1.807) is 11.3 Å². The van der Waals surface area contributed by atoms with Gasteiger partial charge in [0.2, 0.25) is 5.91 Å². The fourth-order valence-corrected chi connectivity index (χ4v) is 4.68. The first-order valence-electron chi connectivity index (χ1n) is 7.24. The highest BCUT2D eigenvalue weighted by molar-refractivity contribution is 8.01. The Morgan fingerprint density at radius 1 is 1.41 bits per heavy atom. The molecule has 3 rings (SSSR count). The molecule has 22 heavy (non-hydrogen) atoms. The lowest BCUT2D eigenvalue weighted by Crippen LogP contribution is -2.40. The van der Waals surface area contributed by atoms with E-state index in [1.165, 1.54) is 16.5 Å². The maximum Gasteiger partial charge on any atom is 0.230 e. The number of hydrogen-bond donors (Lipinski definition) is 2. The van der Waals surface area contributed by atoms with E-state index in [1.807, 2.05) is 18.2 Å². The minimum atomic E-state index is 0. The van der Waals surface area contributed by atoms with Gasteiger partial charge in [0.1, 0.15) is 0 Å². The minimum Gasteiger partial charge on any atom is -0.352 e. The second-order valence-electron chi connectivity index (χ2n) is 5.34. The van der Waals surface area contributed by atoms with Crippen LogP contribution in [0, 0.1) is 5.92 Å². The van der Waals surface area contributed by atoms with Crippen molar-refractivity contribution in [2.24, 2.45) is 11.7 Å². The molecular weight excluding hydrogens is 338 g/mol. The van der Waals surface area contributed by atoms with Crippen LogP contribution in [-0.2, 0) is 4.79 Å². The van der Waals surface area contributed by atoms with E-state index in [2.05, 4.69) is 16.4 Å². The topological polar surface area (TPSA) is 68.0 Å². The number of nitrogens with zero attached hydrogens (tertiary/aromatic N) is 1. The van der Waals surface area contributed by atoms with Crippen LogP contribution in [-0.4, -0.2) is 29.2 Å². The summed E-state index contributed by atoms with van der Waals surface area (Å²) in [4.78, 5) is 16.6. The SMILES string of the molecule is Cl.NCC1CCCC1NC(=O)CSc1nc2ccccc2s1. The number of rotatable bonds is 5. The van der Waals surface area contributed by atoms with Crippen LogP contribution >= 0.6 is 35.5 Å². The van der Waals surface area contributed by atoms with Crippen molar-refractivity contribution in [1.29, 1.82) is 0 Å². The van der Waals surface area contributed by atoms with Crippen LogP contribution in [0.3, 0.4) is 0 Å². The molecule has 0 bridgehead atoms. The van der Waals surface area contributed by atoms with Crippen LogP contribution in [0.25, 0.3) is 10.2 Å². The zero-order valence-electron chi connectivity index (χ0n) is 12.2. The van der Waals surface area contributed by atoms with Gasteiger partial charge in [0, 0.05) is 6.04 Å². The van der Waals surface area contributed by atoms with Crippen LogP contribution in [0.2, 0.25) is 0 Å². The van der Waals surface area contributed by atoms with Gasteiger partial charge in [-0.25, -0.2) is 4.98 Å². The van der Waals surface area contributed by atoms with Crippen molar-refractivity contribution in [2.45, 2.75) is 29.6 Å². The fraction of sp³-hybridized carbons (Fsp3) is 0.467. The maximum atomic E-state index is 12.1. The number of benzene rings is 1. The Morgan fingerprint density at radius 2 is 2.23 bits per heavy atom. The van der Waals surface area contributed by atoms with Crippen LogP contribution in [0.15, 0.2) is 28.6 Å². The summed E-state index contributed by atoms with van der Waals surface area (Å²) in [6.45, 7) is 0.663. The number of aromatic nitrogens is 1. The Balaban J connectivity index is 0.00000176. The minimum absolute atomic E-state index is 0. The quantitative estimate of drug-likeness (QED) is 0.807. The lowest BCUT2D eigenvalue weighted by molar-refractivity contribution is -0.119. The molecule has 7 heteroatoms. The molecule has 0 radical (unpaired) electrons. The monoisotopic (exact) mass is 357 g/mol. The lowest BCUT2D eigenvalue weighted by Gasteiger charge is -2.19. The van der Waals surface area contributed by atoms with Gasteiger partial charge in [0.05, 0.1) is 16.0 Å². The number of amides is 1. The molecule has 1 heterocycles. The van der Waals surface area contributed by atoms with E-state index in [-0.39, 0.29) is 24.4 Å². The number of nitrogens with one attached hydrogen (secondary N) is 1. The molecule has 0 spiro atoms. The molecule has 1 saturated carbocycles. The Kier molecular flexibility index (Phi) is 6.50. The highest BCUT2D eigenvalue weighted by atomic mass is 35.5. The van der Waals surface area contributed by atoms with E-state index in [4.69, 9.17) is 5.73 Å². The number of nitrogens with two attached hydrogens (primary N) is 1. The highest BCUT2D eigenvalue weighted by Crippen LogP contribution is 2.29. The van der Waals surface area contributed by atoms with E-state index in [0.29, 0.717) is 18.2 Å². The summed E-state index contributed by atoms with van der Waals surface area (Å²) >= 11 is 3.15. The summed E-state index contributed by atoms with van der Waals surface area (Å²) < 4.78 is 2.12. The molecule has 2 atom stereocenters. The first-order chi connectivity index (χ1) is 10.3. The molecule has 1 amide bonds. The van der Waals surface area contributed by atoms with Gasteiger partial charge in [-0.3, -0.25) is 4.79 Å². The van der Waals surface area contributed by atoms with Gasteiger partial charge < -0.3 is 11.1 Å². The fourth-order valence-electron chi connectivity index (χ4n) is 2.80. The average Bonchev–Trinajstić information content (AvgIpc) is 3.10. The third-order valence-electron chi connectivity index (χ3n) is 3.91. The van der Waals surface area contributed by atoms with Gasteiger partial charge in [-0.05, 0) is 37.4 Å². The van der Waals surface area contributed by atoms with E-state index in [0.717, 1.165) is 29.1 Å². The summed E-state index contributed by atoms with van der Waals surface area (Å²) in [5, 5.41) is 3.12. The molecule has 1 aliphatic carbocycles. The smallest absolute Gasteiger partial charge is 0.230 e. The first-order valence-corrected chi connectivity index (χ1v) is 9.04. The molecule has 1 aromatic carbocycles. The summed E-state index contributed by atoms with van der Waals surface area (Å²) in [6.07, 6.45) is 3.35. The van der Waals surface area contributed by atoms with Crippen LogP contribution < -0.4 is 11.1 Å². The third kappa shape index (κ3) is 4.13. The number of para-hydroxylation sites is 1. The van der Waals surface area contributed by atoms with E-state index < -0.39 is 0 Å². The van der Waals surface area contributed by atoms with Crippen molar-refractivity contribution >= 4 is 51.6 Å². The molecule has 1 aliphatic rings. The van der Waals surface area contributed by atoms with Gasteiger partial charge in [-0.15, -0.1) is 23.7 Å². The number of halogens is 1. The molecule has 4 nitrogen and oxygen atoms in total. The van der Waals surface area contributed by atoms with Crippen molar-refractivity contribution in [3.8, 4) is 0 Å². The molecular formula is C15H20ClN3OS2. The number of hydrogen-bond acceptors (Lipinski definition) is 5. The predicted molar refractivity (Wildman–Crippen MR) is 95.9 cm³/mol.